The summed E-state index contributed by atoms with van der Waals surface area (Å²) in [4.78, 5) is 32.8. The Morgan fingerprint density at radius 2 is 1.68 bits per heavy atom. The molecule has 1 heterocycles. The van der Waals surface area contributed by atoms with Gasteiger partial charge in [0.1, 0.15) is 6.54 Å². The summed E-state index contributed by atoms with van der Waals surface area (Å²) in [6.45, 7) is 7.69. The average Bonchev–Trinajstić information content (AvgIpc) is 3.24. The second-order valence-electron chi connectivity index (χ2n) is 8.58. The lowest BCUT2D eigenvalue weighted by molar-refractivity contribution is -0.133. The van der Waals surface area contributed by atoms with Gasteiger partial charge in [-0.2, -0.15) is 0 Å². The van der Waals surface area contributed by atoms with E-state index in [1.54, 1.807) is 34.4 Å². The van der Waals surface area contributed by atoms with Crippen molar-refractivity contribution in [2.24, 2.45) is 5.92 Å². The van der Waals surface area contributed by atoms with Crippen LogP contribution in [0.4, 0.5) is 0 Å². The molecule has 0 saturated carbocycles. The quantitative estimate of drug-likeness (QED) is 0.288. The largest absolute Gasteiger partial charge is 0.332 e. The summed E-state index contributed by atoms with van der Waals surface area (Å²) in [6, 6.07) is 18.9. The molecular weight excluding hydrogens is 487 g/mol. The third-order valence-corrected chi connectivity index (χ3v) is 7.45. The van der Waals surface area contributed by atoms with Gasteiger partial charge in [-0.15, -0.1) is 11.3 Å². The lowest BCUT2D eigenvalue weighted by Crippen LogP contribution is -2.44. The van der Waals surface area contributed by atoms with Gasteiger partial charge in [0, 0.05) is 28.4 Å². The zero-order valence-corrected chi connectivity index (χ0v) is 22.1. The molecule has 0 saturated heterocycles. The van der Waals surface area contributed by atoms with Gasteiger partial charge in [0.25, 0.3) is 5.91 Å². The molecule has 3 rings (SSSR count). The number of thiophene rings is 1. The highest BCUT2D eigenvalue weighted by Gasteiger charge is 2.24. The molecule has 2 amide bonds. The minimum absolute atomic E-state index is 0.000605. The maximum absolute atomic E-state index is 13.6. The fourth-order valence-electron chi connectivity index (χ4n) is 3.59. The minimum atomic E-state index is -0.223. The first-order valence-electron chi connectivity index (χ1n) is 11.4. The molecule has 4 nitrogen and oxygen atoms in total. The highest BCUT2D eigenvalue weighted by molar-refractivity contribution is 7.11. The van der Waals surface area contributed by atoms with Crippen LogP contribution in [0.25, 0.3) is 0 Å². The third-order valence-electron chi connectivity index (χ3n) is 5.72. The molecule has 0 aliphatic carbocycles. The molecule has 1 unspecified atom stereocenters. The number of carbonyl (C=O) groups excluding carboxylic acids is 2. The van der Waals surface area contributed by atoms with E-state index in [0.717, 1.165) is 16.9 Å². The molecular formula is C27H30Cl2N2O2S. The van der Waals surface area contributed by atoms with E-state index in [1.165, 1.54) is 4.88 Å². The van der Waals surface area contributed by atoms with E-state index < -0.39 is 0 Å². The standard InChI is InChI=1S/C27H30Cl2N2O2S/c1-4-19(2)15-31(27(33)22-11-13-24(28)25(29)14-22)18-26(32)30(16-21-8-6-5-7-9-21)17-23-12-10-20(3)34-23/h5-14,19H,4,15-18H2,1-3H3. The van der Waals surface area contributed by atoms with Crippen LogP contribution in [0, 0.1) is 12.8 Å². The molecule has 7 heteroatoms. The van der Waals surface area contributed by atoms with Gasteiger partial charge in [0.2, 0.25) is 5.91 Å². The van der Waals surface area contributed by atoms with Crippen molar-refractivity contribution in [3.8, 4) is 0 Å². The van der Waals surface area contributed by atoms with Crippen molar-refractivity contribution in [1.29, 1.82) is 0 Å². The lowest BCUT2D eigenvalue weighted by atomic mass is 10.1. The Bertz CT molecular complexity index is 1120. The van der Waals surface area contributed by atoms with Crippen LogP contribution in [-0.2, 0) is 17.9 Å². The Labute approximate surface area is 216 Å². The van der Waals surface area contributed by atoms with Gasteiger partial charge in [-0.1, -0.05) is 73.8 Å². The summed E-state index contributed by atoms with van der Waals surface area (Å²) in [5.41, 5.74) is 1.47. The summed E-state index contributed by atoms with van der Waals surface area (Å²) in [6.07, 6.45) is 0.904. The second kappa shape index (κ2) is 12.4. The van der Waals surface area contributed by atoms with E-state index in [9.17, 15) is 9.59 Å². The Kier molecular flexibility index (Phi) is 9.57. The summed E-state index contributed by atoms with van der Waals surface area (Å²) in [7, 11) is 0. The van der Waals surface area contributed by atoms with Crippen molar-refractivity contribution in [2.75, 3.05) is 13.1 Å². The van der Waals surface area contributed by atoms with Gasteiger partial charge >= 0.3 is 0 Å². The predicted octanol–water partition coefficient (Wildman–Crippen LogP) is 7.08. The van der Waals surface area contributed by atoms with Gasteiger partial charge in [-0.05, 0) is 48.7 Å². The zero-order chi connectivity index (χ0) is 24.7. The van der Waals surface area contributed by atoms with Crippen LogP contribution in [-0.4, -0.2) is 34.7 Å². The molecule has 1 atom stereocenters. The summed E-state index contributed by atoms with van der Waals surface area (Å²) in [5.74, 6) is -0.0625. The molecule has 0 spiro atoms. The molecule has 0 fully saturated rings. The Morgan fingerprint density at radius 1 is 0.941 bits per heavy atom. The molecule has 0 radical (unpaired) electrons. The smallest absolute Gasteiger partial charge is 0.254 e. The molecule has 1 aromatic heterocycles. The van der Waals surface area contributed by atoms with E-state index in [2.05, 4.69) is 32.9 Å². The fraction of sp³-hybridized carbons (Fsp3) is 0.333. The van der Waals surface area contributed by atoms with Gasteiger partial charge in [0.15, 0.2) is 0 Å². The van der Waals surface area contributed by atoms with Crippen LogP contribution in [0.5, 0.6) is 0 Å². The Balaban J connectivity index is 1.84. The molecule has 34 heavy (non-hydrogen) atoms. The predicted molar refractivity (Wildman–Crippen MR) is 142 cm³/mol. The minimum Gasteiger partial charge on any atom is -0.332 e. The van der Waals surface area contributed by atoms with E-state index in [0.29, 0.717) is 35.2 Å². The number of rotatable bonds is 10. The molecule has 0 N–H and O–H groups in total. The number of amides is 2. The van der Waals surface area contributed by atoms with E-state index in [1.807, 2.05) is 35.2 Å². The molecule has 180 valence electrons. The van der Waals surface area contributed by atoms with Gasteiger partial charge < -0.3 is 9.80 Å². The van der Waals surface area contributed by atoms with Crippen LogP contribution in [0.2, 0.25) is 10.0 Å². The Hall–Kier alpha value is -2.34. The summed E-state index contributed by atoms with van der Waals surface area (Å²) in [5, 5.41) is 0.712. The highest BCUT2D eigenvalue weighted by Crippen LogP contribution is 2.24. The number of aryl methyl sites for hydroxylation is 1. The number of benzene rings is 2. The van der Waals surface area contributed by atoms with Gasteiger partial charge in [-0.3, -0.25) is 9.59 Å². The third kappa shape index (κ3) is 7.33. The summed E-state index contributed by atoms with van der Waals surface area (Å²) < 4.78 is 0. The normalized spacial score (nSPS) is 11.8. The highest BCUT2D eigenvalue weighted by atomic mass is 35.5. The average molecular weight is 518 g/mol. The first-order valence-corrected chi connectivity index (χ1v) is 13.0. The maximum Gasteiger partial charge on any atom is 0.254 e. The SMILES string of the molecule is CCC(C)CN(CC(=O)N(Cc1ccccc1)Cc1ccc(C)s1)C(=O)c1ccc(Cl)c(Cl)c1. The Morgan fingerprint density at radius 3 is 2.29 bits per heavy atom. The lowest BCUT2D eigenvalue weighted by Gasteiger charge is -2.29. The second-order valence-corrected chi connectivity index (χ2v) is 10.8. The van der Waals surface area contributed by atoms with Crippen molar-refractivity contribution < 1.29 is 9.59 Å². The first-order chi connectivity index (χ1) is 16.3. The molecule has 3 aromatic rings. The molecule has 0 aliphatic rings. The van der Waals surface area contributed by atoms with E-state index >= 15 is 0 Å². The van der Waals surface area contributed by atoms with Crippen molar-refractivity contribution in [2.45, 2.75) is 40.3 Å². The number of hydrogen-bond acceptors (Lipinski definition) is 3. The first kappa shape index (κ1) is 26.3. The van der Waals surface area contributed by atoms with E-state index in [-0.39, 0.29) is 24.3 Å². The van der Waals surface area contributed by atoms with Crippen molar-refractivity contribution in [3.05, 3.63) is 91.6 Å². The molecule has 0 aliphatic heterocycles. The summed E-state index contributed by atoms with van der Waals surface area (Å²) >= 11 is 13.9. The topological polar surface area (TPSA) is 40.6 Å². The van der Waals surface area contributed by atoms with Crippen LogP contribution >= 0.6 is 34.5 Å². The number of carbonyl (C=O) groups is 2. The number of nitrogens with zero attached hydrogens (tertiary/aromatic N) is 2. The molecule has 0 bridgehead atoms. The van der Waals surface area contributed by atoms with Crippen LogP contribution < -0.4 is 0 Å². The number of halogens is 2. The van der Waals surface area contributed by atoms with Crippen molar-refractivity contribution >= 4 is 46.4 Å². The van der Waals surface area contributed by atoms with E-state index in [4.69, 9.17) is 23.2 Å². The van der Waals surface area contributed by atoms with Crippen LogP contribution in [0.15, 0.2) is 60.7 Å². The van der Waals surface area contributed by atoms with Gasteiger partial charge in [-0.25, -0.2) is 0 Å². The number of hydrogen-bond donors (Lipinski definition) is 0. The zero-order valence-electron chi connectivity index (χ0n) is 19.8. The van der Waals surface area contributed by atoms with Gasteiger partial charge in [0.05, 0.1) is 16.6 Å². The van der Waals surface area contributed by atoms with Crippen molar-refractivity contribution in [3.63, 3.8) is 0 Å². The maximum atomic E-state index is 13.6. The van der Waals surface area contributed by atoms with Crippen LogP contribution in [0.3, 0.4) is 0 Å². The fourth-order valence-corrected chi connectivity index (χ4v) is 4.80. The van der Waals surface area contributed by atoms with Crippen LogP contribution in [0.1, 0.15) is 45.9 Å². The molecule has 2 aromatic carbocycles. The monoisotopic (exact) mass is 516 g/mol. The van der Waals surface area contributed by atoms with Crippen molar-refractivity contribution in [1.82, 2.24) is 9.80 Å².